The van der Waals surface area contributed by atoms with E-state index < -0.39 is 5.38 Å². The minimum absolute atomic E-state index is 0.0287. The smallest absolute Gasteiger partial charge is 0.240 e. The van der Waals surface area contributed by atoms with Crippen LogP contribution in [0.5, 0.6) is 0 Å². The molecule has 124 valence electrons. The van der Waals surface area contributed by atoms with Gasteiger partial charge in [0.15, 0.2) is 0 Å². The fraction of sp³-hybridized carbons (Fsp3) is 0.389. The quantitative estimate of drug-likeness (QED) is 0.670. The summed E-state index contributed by atoms with van der Waals surface area (Å²) < 4.78 is 2.12. The van der Waals surface area contributed by atoms with Crippen LogP contribution in [0.4, 0.5) is 0 Å². The molecule has 0 spiro atoms. The summed E-state index contributed by atoms with van der Waals surface area (Å²) in [6.45, 7) is 5.72. The van der Waals surface area contributed by atoms with Crippen LogP contribution in [0.1, 0.15) is 31.5 Å². The van der Waals surface area contributed by atoms with Gasteiger partial charge in [0.2, 0.25) is 5.91 Å². The maximum absolute atomic E-state index is 12.2. The average Bonchev–Trinajstić information content (AvgIpc) is 2.95. The van der Waals surface area contributed by atoms with Gasteiger partial charge in [0.05, 0.1) is 6.54 Å². The monoisotopic (exact) mass is 352 g/mol. The lowest BCUT2D eigenvalue weighted by atomic mass is 10.2. The molecule has 5 heteroatoms. The normalized spacial score (nSPS) is 12.2. The van der Waals surface area contributed by atoms with Gasteiger partial charge in [-0.3, -0.25) is 4.79 Å². The SMILES string of the molecule is CCCN(Cc1cccn1Cc1ccccc1Cl)C(=O)C(C)Cl. The molecule has 0 aliphatic heterocycles. The number of halogens is 2. The number of aromatic nitrogens is 1. The van der Waals surface area contributed by atoms with Crippen molar-refractivity contribution in [3.05, 3.63) is 58.9 Å². The van der Waals surface area contributed by atoms with Crippen molar-refractivity contribution in [3.63, 3.8) is 0 Å². The molecule has 3 nitrogen and oxygen atoms in total. The zero-order valence-corrected chi connectivity index (χ0v) is 15.0. The molecular weight excluding hydrogens is 331 g/mol. The van der Waals surface area contributed by atoms with E-state index in [9.17, 15) is 4.79 Å². The van der Waals surface area contributed by atoms with Crippen LogP contribution in [-0.4, -0.2) is 27.3 Å². The van der Waals surface area contributed by atoms with E-state index in [4.69, 9.17) is 23.2 Å². The number of carbonyl (C=O) groups is 1. The molecule has 0 fully saturated rings. The van der Waals surface area contributed by atoms with Crippen LogP contribution in [0.15, 0.2) is 42.6 Å². The van der Waals surface area contributed by atoms with E-state index in [1.165, 1.54) is 0 Å². The van der Waals surface area contributed by atoms with Gasteiger partial charge in [-0.15, -0.1) is 11.6 Å². The summed E-state index contributed by atoms with van der Waals surface area (Å²) in [5.41, 5.74) is 2.13. The minimum atomic E-state index is -0.506. The number of rotatable bonds is 7. The molecule has 1 atom stereocenters. The maximum atomic E-state index is 12.2. The first-order valence-corrected chi connectivity index (χ1v) is 8.64. The van der Waals surface area contributed by atoms with Gasteiger partial charge in [0.1, 0.15) is 5.38 Å². The summed E-state index contributed by atoms with van der Waals surface area (Å²) >= 11 is 12.2. The standard InChI is InChI=1S/C18H22Cl2N2O/c1-3-10-22(18(23)14(2)19)13-16-8-6-11-21(16)12-15-7-4-5-9-17(15)20/h4-9,11,14H,3,10,12-13H2,1-2H3. The number of carbonyl (C=O) groups excluding carboxylic acids is 1. The van der Waals surface area contributed by atoms with Gasteiger partial charge >= 0.3 is 0 Å². The van der Waals surface area contributed by atoms with Crippen LogP contribution in [0.3, 0.4) is 0 Å². The lowest BCUT2D eigenvalue weighted by Gasteiger charge is -2.24. The summed E-state index contributed by atoms with van der Waals surface area (Å²) in [6.07, 6.45) is 2.91. The Balaban J connectivity index is 2.16. The molecular formula is C18H22Cl2N2O. The molecule has 0 saturated carbocycles. The summed E-state index contributed by atoms with van der Waals surface area (Å²) in [5.74, 6) is -0.0287. The Bertz CT molecular complexity index is 652. The molecule has 1 unspecified atom stereocenters. The molecule has 0 aliphatic rings. The van der Waals surface area contributed by atoms with Gasteiger partial charge < -0.3 is 9.47 Å². The van der Waals surface area contributed by atoms with Gasteiger partial charge in [0.25, 0.3) is 0 Å². The Labute approximate surface area is 147 Å². The van der Waals surface area contributed by atoms with E-state index in [0.29, 0.717) is 19.6 Å². The molecule has 2 rings (SSSR count). The molecule has 0 radical (unpaired) electrons. The molecule has 1 heterocycles. The van der Waals surface area contributed by atoms with Crippen LogP contribution in [0.2, 0.25) is 5.02 Å². The van der Waals surface area contributed by atoms with Crippen molar-refractivity contribution in [1.82, 2.24) is 9.47 Å². The molecule has 1 aromatic carbocycles. The fourth-order valence-corrected chi connectivity index (χ4v) is 2.88. The molecule has 1 amide bonds. The second-order valence-corrected chi connectivity index (χ2v) is 6.66. The van der Waals surface area contributed by atoms with Crippen molar-refractivity contribution >= 4 is 29.1 Å². The number of benzene rings is 1. The minimum Gasteiger partial charge on any atom is -0.345 e. The van der Waals surface area contributed by atoms with Crippen molar-refractivity contribution in [1.29, 1.82) is 0 Å². The van der Waals surface area contributed by atoms with Gasteiger partial charge in [-0.1, -0.05) is 36.7 Å². The summed E-state index contributed by atoms with van der Waals surface area (Å²) in [7, 11) is 0. The topological polar surface area (TPSA) is 25.2 Å². The number of nitrogens with zero attached hydrogens (tertiary/aromatic N) is 2. The Morgan fingerprint density at radius 2 is 2.00 bits per heavy atom. The molecule has 0 aliphatic carbocycles. The first-order chi connectivity index (χ1) is 11.0. The molecule has 0 bridgehead atoms. The summed E-state index contributed by atoms with van der Waals surface area (Å²) in [6, 6.07) is 11.8. The zero-order valence-electron chi connectivity index (χ0n) is 13.5. The summed E-state index contributed by atoms with van der Waals surface area (Å²) in [5, 5.41) is 0.247. The highest BCUT2D eigenvalue weighted by molar-refractivity contribution is 6.31. The first-order valence-electron chi connectivity index (χ1n) is 7.83. The fourth-order valence-electron chi connectivity index (χ4n) is 2.54. The number of hydrogen-bond donors (Lipinski definition) is 0. The molecule has 0 N–H and O–H groups in total. The largest absolute Gasteiger partial charge is 0.345 e. The molecule has 23 heavy (non-hydrogen) atoms. The van der Waals surface area contributed by atoms with Crippen molar-refractivity contribution < 1.29 is 4.79 Å². The second kappa shape index (κ2) is 8.42. The van der Waals surface area contributed by atoms with E-state index in [1.807, 2.05) is 47.5 Å². The molecule has 0 saturated heterocycles. The summed E-state index contributed by atoms with van der Waals surface area (Å²) in [4.78, 5) is 14.1. The Morgan fingerprint density at radius 1 is 1.26 bits per heavy atom. The van der Waals surface area contributed by atoms with Crippen LogP contribution < -0.4 is 0 Å². The Hall–Kier alpha value is -1.45. The van der Waals surface area contributed by atoms with E-state index in [0.717, 1.165) is 22.7 Å². The highest BCUT2D eigenvalue weighted by Gasteiger charge is 2.19. The zero-order chi connectivity index (χ0) is 16.8. The third-order valence-electron chi connectivity index (χ3n) is 3.72. The second-order valence-electron chi connectivity index (χ2n) is 5.59. The highest BCUT2D eigenvalue weighted by atomic mass is 35.5. The van der Waals surface area contributed by atoms with Gasteiger partial charge in [-0.25, -0.2) is 0 Å². The van der Waals surface area contributed by atoms with Crippen LogP contribution in [0.25, 0.3) is 0 Å². The van der Waals surface area contributed by atoms with Crippen molar-refractivity contribution in [3.8, 4) is 0 Å². The van der Waals surface area contributed by atoms with Gasteiger partial charge in [-0.2, -0.15) is 0 Å². The van der Waals surface area contributed by atoms with Crippen LogP contribution >= 0.6 is 23.2 Å². The first kappa shape index (κ1) is 17.9. The van der Waals surface area contributed by atoms with E-state index in [2.05, 4.69) is 11.5 Å². The number of hydrogen-bond acceptors (Lipinski definition) is 1. The lowest BCUT2D eigenvalue weighted by molar-refractivity contribution is -0.131. The third kappa shape index (κ3) is 4.76. The maximum Gasteiger partial charge on any atom is 0.240 e. The van der Waals surface area contributed by atoms with Gasteiger partial charge in [-0.05, 0) is 37.1 Å². The predicted molar refractivity (Wildman–Crippen MR) is 96.0 cm³/mol. The number of alkyl halides is 1. The Kier molecular flexibility index (Phi) is 6.55. The third-order valence-corrected chi connectivity index (χ3v) is 4.28. The highest BCUT2D eigenvalue weighted by Crippen LogP contribution is 2.18. The van der Waals surface area contributed by atoms with E-state index in [1.54, 1.807) is 6.92 Å². The van der Waals surface area contributed by atoms with Gasteiger partial charge in [0, 0.05) is 30.0 Å². The predicted octanol–water partition coefficient (Wildman–Crippen LogP) is 4.56. The molecule has 1 aromatic heterocycles. The van der Waals surface area contributed by atoms with E-state index >= 15 is 0 Å². The lowest BCUT2D eigenvalue weighted by Crippen LogP contribution is -2.36. The Morgan fingerprint density at radius 3 is 2.65 bits per heavy atom. The average molecular weight is 353 g/mol. The van der Waals surface area contributed by atoms with Crippen LogP contribution in [-0.2, 0) is 17.9 Å². The number of amides is 1. The van der Waals surface area contributed by atoms with E-state index in [-0.39, 0.29) is 5.91 Å². The van der Waals surface area contributed by atoms with Crippen molar-refractivity contribution in [2.75, 3.05) is 6.54 Å². The van der Waals surface area contributed by atoms with Crippen molar-refractivity contribution in [2.45, 2.75) is 38.7 Å². The molecule has 2 aromatic rings. The van der Waals surface area contributed by atoms with Crippen LogP contribution in [0, 0.1) is 0 Å². The van der Waals surface area contributed by atoms with Crippen molar-refractivity contribution in [2.24, 2.45) is 0 Å².